The fourth-order valence-corrected chi connectivity index (χ4v) is 7.11. The monoisotopic (exact) mass is 386 g/mol. The molecule has 1 saturated carbocycles. The number of hydrogen-bond donors (Lipinski definition) is 0. The molecule has 1 heterocycles. The van der Waals surface area contributed by atoms with Crippen molar-refractivity contribution in [3.63, 3.8) is 0 Å². The molecule has 3 heteroatoms. The van der Waals surface area contributed by atoms with Gasteiger partial charge in [-0.15, -0.1) is 0 Å². The Balaban J connectivity index is 1.60. The Morgan fingerprint density at radius 3 is 1.59 bits per heavy atom. The second kappa shape index (κ2) is 6.04. The van der Waals surface area contributed by atoms with E-state index in [2.05, 4.69) is 50.2 Å². The summed E-state index contributed by atoms with van der Waals surface area (Å²) in [5, 5.41) is 0. The van der Waals surface area contributed by atoms with Crippen molar-refractivity contribution in [1.82, 2.24) is 0 Å². The van der Waals surface area contributed by atoms with Crippen LogP contribution < -0.4 is 0 Å². The van der Waals surface area contributed by atoms with Crippen LogP contribution in [0.25, 0.3) is 0 Å². The molecule has 0 aromatic heterocycles. The molecule has 1 saturated heterocycles. The summed E-state index contributed by atoms with van der Waals surface area (Å²) in [5.74, 6) is -0.0583. The summed E-state index contributed by atoms with van der Waals surface area (Å²) in [4.78, 5) is 25.6. The first-order valence-electron chi connectivity index (χ1n) is 11.0. The van der Waals surface area contributed by atoms with E-state index in [1.807, 2.05) is 0 Å². The van der Waals surface area contributed by atoms with Gasteiger partial charge in [-0.2, -0.15) is 0 Å². The highest BCUT2D eigenvalue weighted by Crippen LogP contribution is 2.63. The normalized spacial score (nSPS) is 34.4. The van der Waals surface area contributed by atoms with Gasteiger partial charge in [0.15, 0.2) is 0 Å². The molecule has 2 fully saturated rings. The molecule has 2 aromatic carbocycles. The van der Waals surface area contributed by atoms with E-state index in [1.54, 1.807) is 0 Å². The van der Waals surface area contributed by atoms with Crippen LogP contribution in [0, 0.1) is 37.5 Å². The number of rotatable bonds is 0. The summed E-state index contributed by atoms with van der Waals surface area (Å²) < 4.78 is 5.25. The van der Waals surface area contributed by atoms with E-state index >= 15 is 0 Å². The topological polar surface area (TPSA) is 43.4 Å². The van der Waals surface area contributed by atoms with Crippen LogP contribution in [0.5, 0.6) is 0 Å². The third-order valence-electron chi connectivity index (χ3n) is 8.18. The van der Waals surface area contributed by atoms with Crippen molar-refractivity contribution >= 4 is 11.9 Å². The molecule has 3 nitrogen and oxygen atoms in total. The van der Waals surface area contributed by atoms with Gasteiger partial charge in [0, 0.05) is 0 Å². The number of carbonyl (C=O) groups excluding carboxylic acids is 2. The molecular weight excluding hydrogens is 360 g/mol. The molecule has 1 aliphatic heterocycles. The number of cyclic esters (lactones) is 2. The Labute approximate surface area is 171 Å². The van der Waals surface area contributed by atoms with Crippen LogP contribution in [-0.2, 0) is 27.2 Å². The van der Waals surface area contributed by atoms with Gasteiger partial charge in [0.25, 0.3) is 0 Å². The van der Waals surface area contributed by atoms with Gasteiger partial charge in [-0.1, -0.05) is 47.5 Å². The quantitative estimate of drug-likeness (QED) is 0.490. The average molecular weight is 386 g/mol. The Bertz CT molecular complexity index is 968. The zero-order valence-electron chi connectivity index (χ0n) is 17.0. The number of hydrogen-bond acceptors (Lipinski definition) is 3. The van der Waals surface area contributed by atoms with Crippen LogP contribution in [0.4, 0.5) is 0 Å². The van der Waals surface area contributed by atoms with Gasteiger partial charge < -0.3 is 4.74 Å². The number of aryl methyl sites for hydroxylation is 4. The minimum atomic E-state index is -0.264. The first-order chi connectivity index (χ1) is 14.0. The van der Waals surface area contributed by atoms with Crippen molar-refractivity contribution in [3.8, 4) is 0 Å². The van der Waals surface area contributed by atoms with Gasteiger partial charge in [0.2, 0.25) is 0 Å². The fraction of sp³-hybridized carbons (Fsp3) is 0.462. The first-order valence-corrected chi connectivity index (χ1v) is 11.0. The lowest BCUT2D eigenvalue weighted by Gasteiger charge is -2.52. The van der Waals surface area contributed by atoms with Crippen molar-refractivity contribution in [3.05, 3.63) is 69.8 Å². The maximum absolute atomic E-state index is 12.8. The molecule has 6 atom stereocenters. The van der Waals surface area contributed by atoms with Gasteiger partial charge in [-0.05, 0) is 85.5 Å². The number of fused-ring (bicyclic) bond motifs is 10. The molecule has 3 aliphatic carbocycles. The van der Waals surface area contributed by atoms with Gasteiger partial charge in [-0.25, -0.2) is 0 Å². The predicted octanol–water partition coefficient (Wildman–Crippen LogP) is 4.63. The number of esters is 2. The summed E-state index contributed by atoms with van der Waals surface area (Å²) in [6.07, 6.45) is 3.91. The van der Waals surface area contributed by atoms with Crippen LogP contribution in [-0.4, -0.2) is 11.9 Å². The Morgan fingerprint density at radius 1 is 0.690 bits per heavy atom. The van der Waals surface area contributed by atoms with E-state index in [0.717, 1.165) is 25.7 Å². The van der Waals surface area contributed by atoms with Crippen LogP contribution in [0.15, 0.2) is 36.4 Å². The lowest BCUT2D eigenvalue weighted by atomic mass is 9.49. The van der Waals surface area contributed by atoms with Crippen LogP contribution >= 0.6 is 0 Å². The second-order valence-electron chi connectivity index (χ2n) is 9.65. The van der Waals surface area contributed by atoms with E-state index in [1.165, 1.54) is 33.4 Å². The molecule has 29 heavy (non-hydrogen) atoms. The number of ether oxygens (including phenoxy) is 1. The summed E-state index contributed by atoms with van der Waals surface area (Å²) in [7, 11) is 0. The van der Waals surface area contributed by atoms with E-state index in [4.69, 9.17) is 4.74 Å². The molecule has 4 aliphatic rings. The summed E-state index contributed by atoms with van der Waals surface area (Å²) in [6.45, 7) is 4.30. The Kier molecular flexibility index (Phi) is 3.63. The Hall–Kier alpha value is -2.42. The van der Waals surface area contributed by atoms with Gasteiger partial charge in [0.1, 0.15) is 0 Å². The van der Waals surface area contributed by atoms with Crippen LogP contribution in [0.3, 0.4) is 0 Å². The second-order valence-corrected chi connectivity index (χ2v) is 9.65. The largest absolute Gasteiger partial charge is 0.393 e. The summed E-state index contributed by atoms with van der Waals surface area (Å²) in [6, 6.07) is 13.6. The maximum Gasteiger partial charge on any atom is 0.317 e. The van der Waals surface area contributed by atoms with E-state index in [-0.39, 0.29) is 35.6 Å². The third-order valence-corrected chi connectivity index (χ3v) is 8.18. The predicted molar refractivity (Wildman–Crippen MR) is 110 cm³/mol. The number of carbonyl (C=O) groups is 2. The highest BCUT2D eigenvalue weighted by Gasteiger charge is 2.62. The third kappa shape index (κ3) is 2.36. The highest BCUT2D eigenvalue weighted by molar-refractivity contribution is 5.97. The minimum absolute atomic E-state index is 0.195. The fourth-order valence-electron chi connectivity index (χ4n) is 7.11. The zero-order valence-corrected chi connectivity index (χ0v) is 17.0. The van der Waals surface area contributed by atoms with Gasteiger partial charge in [-0.3, -0.25) is 9.59 Å². The lowest BCUT2D eigenvalue weighted by Crippen LogP contribution is -2.48. The van der Waals surface area contributed by atoms with Crippen molar-refractivity contribution in [2.75, 3.05) is 0 Å². The molecule has 0 unspecified atom stereocenters. The van der Waals surface area contributed by atoms with E-state index in [0.29, 0.717) is 11.8 Å². The van der Waals surface area contributed by atoms with Crippen molar-refractivity contribution in [1.29, 1.82) is 0 Å². The SMILES string of the molecule is Cc1ccc2c(c1)[C@@H]1[C@@H](CC2)[C@H]2C(=O)OC(=O)[C@@H]2[C@H]2CCc3ccc(C)cc3[C@@H]21. The van der Waals surface area contributed by atoms with Gasteiger partial charge in [0.05, 0.1) is 11.8 Å². The summed E-state index contributed by atoms with van der Waals surface area (Å²) in [5.41, 5.74) is 8.22. The van der Waals surface area contributed by atoms with Gasteiger partial charge >= 0.3 is 11.9 Å². The molecule has 0 radical (unpaired) electrons. The molecule has 148 valence electrons. The smallest absolute Gasteiger partial charge is 0.317 e. The molecule has 0 bridgehead atoms. The van der Waals surface area contributed by atoms with E-state index < -0.39 is 0 Å². The highest BCUT2D eigenvalue weighted by atomic mass is 16.6. The molecule has 2 aromatic rings. The van der Waals surface area contributed by atoms with Crippen LogP contribution in [0.1, 0.15) is 58.1 Å². The number of benzene rings is 2. The standard InChI is InChI=1S/C26H26O3/c1-13-3-5-15-7-9-17-21(19(15)11-13)22-18(24-23(17)25(27)29-26(24)28)10-8-16-6-4-14(2)12-20(16)22/h3-6,11-12,17-18,21-24H,7-10H2,1-2H3/t17-,18+,21+,22-,23-,24-/m1/s1. The minimum Gasteiger partial charge on any atom is -0.393 e. The molecule has 0 N–H and O–H groups in total. The average Bonchev–Trinajstić information content (AvgIpc) is 3.01. The maximum atomic E-state index is 12.8. The van der Waals surface area contributed by atoms with Crippen LogP contribution in [0.2, 0.25) is 0 Å². The van der Waals surface area contributed by atoms with Crippen molar-refractivity contribution < 1.29 is 14.3 Å². The molecule has 6 rings (SSSR count). The van der Waals surface area contributed by atoms with E-state index in [9.17, 15) is 9.59 Å². The summed E-state index contributed by atoms with van der Waals surface area (Å²) >= 11 is 0. The Morgan fingerprint density at radius 2 is 1.14 bits per heavy atom. The van der Waals surface area contributed by atoms with Crippen molar-refractivity contribution in [2.24, 2.45) is 23.7 Å². The molecule has 0 amide bonds. The lowest BCUT2D eigenvalue weighted by molar-refractivity contribution is -0.154. The zero-order chi connectivity index (χ0) is 19.9. The van der Waals surface area contributed by atoms with Crippen molar-refractivity contribution in [2.45, 2.75) is 51.4 Å². The first kappa shape index (κ1) is 17.4. The molecule has 0 spiro atoms. The molecular formula is C26H26O3.